The van der Waals surface area contributed by atoms with Crippen LogP contribution < -0.4 is 5.32 Å². The number of carbonyl (C=O) groups excluding carboxylic acids is 2. The van der Waals surface area contributed by atoms with Crippen molar-refractivity contribution in [3.63, 3.8) is 0 Å². The van der Waals surface area contributed by atoms with Gasteiger partial charge in [-0.2, -0.15) is 0 Å². The van der Waals surface area contributed by atoms with Crippen LogP contribution in [0.3, 0.4) is 0 Å². The minimum absolute atomic E-state index is 0.190. The summed E-state index contributed by atoms with van der Waals surface area (Å²) >= 11 is 0. The maximum atomic E-state index is 11.9. The van der Waals surface area contributed by atoms with E-state index >= 15 is 0 Å². The molecule has 0 aliphatic carbocycles. The van der Waals surface area contributed by atoms with E-state index in [9.17, 15) is 9.59 Å². The van der Waals surface area contributed by atoms with Crippen molar-refractivity contribution in [3.05, 3.63) is 35.9 Å². The number of nitrogens with one attached hydrogen (secondary N) is 1. The average molecular weight is 249 g/mol. The third-order valence-electron chi connectivity index (χ3n) is 2.30. The lowest BCUT2D eigenvalue weighted by atomic mass is 10.1. The predicted molar refractivity (Wildman–Crippen MR) is 69.0 cm³/mol. The lowest BCUT2D eigenvalue weighted by molar-refractivity contribution is -0.151. The first-order valence-corrected chi connectivity index (χ1v) is 6.00. The van der Waals surface area contributed by atoms with Gasteiger partial charge in [0.25, 0.3) is 0 Å². The molecule has 0 aliphatic heterocycles. The van der Waals surface area contributed by atoms with Crippen LogP contribution in [0.1, 0.15) is 26.3 Å². The molecule has 4 nitrogen and oxygen atoms in total. The van der Waals surface area contributed by atoms with Crippen molar-refractivity contribution in [1.82, 2.24) is 5.32 Å². The van der Waals surface area contributed by atoms with Crippen molar-refractivity contribution in [2.24, 2.45) is 0 Å². The second-order valence-corrected chi connectivity index (χ2v) is 4.43. The smallest absolute Gasteiger partial charge is 0.329 e. The maximum absolute atomic E-state index is 11.9. The van der Waals surface area contributed by atoms with Gasteiger partial charge in [0.15, 0.2) is 0 Å². The molecule has 0 unspecified atom stereocenters. The zero-order chi connectivity index (χ0) is 13.5. The summed E-state index contributed by atoms with van der Waals surface area (Å²) in [4.78, 5) is 23.0. The van der Waals surface area contributed by atoms with Gasteiger partial charge in [0.05, 0.1) is 6.10 Å². The van der Waals surface area contributed by atoms with Crippen LogP contribution in [0.4, 0.5) is 0 Å². The Morgan fingerprint density at radius 3 is 2.33 bits per heavy atom. The zero-order valence-electron chi connectivity index (χ0n) is 11.0. The molecule has 1 atom stereocenters. The van der Waals surface area contributed by atoms with E-state index in [1.807, 2.05) is 30.3 Å². The Morgan fingerprint density at radius 2 is 1.83 bits per heavy atom. The quantitative estimate of drug-likeness (QED) is 0.808. The van der Waals surface area contributed by atoms with Gasteiger partial charge in [-0.05, 0) is 19.4 Å². The number of carbonyl (C=O) groups is 2. The summed E-state index contributed by atoms with van der Waals surface area (Å²) in [5.74, 6) is -0.638. The molecule has 1 rings (SSSR count). The standard InChI is InChI=1S/C14H19NO3/c1-10(2)18-14(17)13(15-11(3)16)9-12-7-5-4-6-8-12/h4-8,10,13H,9H2,1-3H3,(H,15,16)/t13-/m0/s1. The van der Waals surface area contributed by atoms with E-state index < -0.39 is 12.0 Å². The summed E-state index contributed by atoms with van der Waals surface area (Å²) in [5, 5.41) is 2.62. The molecule has 0 fully saturated rings. The molecular formula is C14H19NO3. The minimum Gasteiger partial charge on any atom is -0.461 e. The van der Waals surface area contributed by atoms with Gasteiger partial charge in [0.2, 0.25) is 5.91 Å². The van der Waals surface area contributed by atoms with Gasteiger partial charge >= 0.3 is 5.97 Å². The molecule has 0 aliphatic rings. The highest BCUT2D eigenvalue weighted by atomic mass is 16.5. The highest BCUT2D eigenvalue weighted by molar-refractivity contribution is 5.83. The number of amides is 1. The minimum atomic E-state index is -0.632. The molecule has 98 valence electrons. The Hall–Kier alpha value is -1.84. The topological polar surface area (TPSA) is 55.4 Å². The van der Waals surface area contributed by atoms with Gasteiger partial charge in [0.1, 0.15) is 6.04 Å². The molecule has 0 radical (unpaired) electrons. The largest absolute Gasteiger partial charge is 0.461 e. The fraction of sp³-hybridized carbons (Fsp3) is 0.429. The molecule has 0 heterocycles. The average Bonchev–Trinajstić information content (AvgIpc) is 2.28. The van der Waals surface area contributed by atoms with Crippen molar-refractivity contribution in [1.29, 1.82) is 0 Å². The van der Waals surface area contributed by atoms with Crippen molar-refractivity contribution < 1.29 is 14.3 Å². The van der Waals surface area contributed by atoms with Crippen LogP contribution in [-0.4, -0.2) is 24.0 Å². The number of ether oxygens (including phenoxy) is 1. The van der Waals surface area contributed by atoms with E-state index in [-0.39, 0.29) is 12.0 Å². The second kappa shape index (κ2) is 6.79. The lowest BCUT2D eigenvalue weighted by Crippen LogP contribution is -2.43. The molecule has 18 heavy (non-hydrogen) atoms. The molecule has 1 aromatic carbocycles. The highest BCUT2D eigenvalue weighted by Gasteiger charge is 2.22. The molecule has 1 aromatic rings. The van der Waals surface area contributed by atoms with Crippen LogP contribution in [0, 0.1) is 0 Å². The van der Waals surface area contributed by atoms with Crippen LogP contribution in [0.15, 0.2) is 30.3 Å². The molecule has 0 bridgehead atoms. The monoisotopic (exact) mass is 249 g/mol. The van der Waals surface area contributed by atoms with Gasteiger partial charge in [-0.1, -0.05) is 30.3 Å². The molecule has 0 aromatic heterocycles. The van der Waals surface area contributed by atoms with Gasteiger partial charge in [-0.15, -0.1) is 0 Å². The van der Waals surface area contributed by atoms with E-state index in [4.69, 9.17) is 4.74 Å². The summed E-state index contributed by atoms with van der Waals surface area (Å²) in [5.41, 5.74) is 0.983. The summed E-state index contributed by atoms with van der Waals surface area (Å²) in [6.07, 6.45) is 0.246. The van der Waals surface area contributed by atoms with Gasteiger partial charge in [-0.25, -0.2) is 4.79 Å². The summed E-state index contributed by atoms with van der Waals surface area (Å²) in [6.45, 7) is 4.96. The third-order valence-corrected chi connectivity index (χ3v) is 2.30. The van der Waals surface area contributed by atoms with Crippen LogP contribution in [0.25, 0.3) is 0 Å². The van der Waals surface area contributed by atoms with E-state index in [0.29, 0.717) is 6.42 Å². The predicted octanol–water partition coefficient (Wildman–Crippen LogP) is 1.69. The number of hydrogen-bond donors (Lipinski definition) is 1. The van der Waals surface area contributed by atoms with Crippen LogP contribution >= 0.6 is 0 Å². The summed E-state index contributed by atoms with van der Waals surface area (Å²) < 4.78 is 5.13. The highest BCUT2D eigenvalue weighted by Crippen LogP contribution is 2.06. The molecule has 1 N–H and O–H groups in total. The van der Waals surface area contributed by atoms with Crippen LogP contribution in [-0.2, 0) is 20.7 Å². The fourth-order valence-corrected chi connectivity index (χ4v) is 1.60. The number of hydrogen-bond acceptors (Lipinski definition) is 3. The molecular weight excluding hydrogens is 230 g/mol. The van der Waals surface area contributed by atoms with Crippen LogP contribution in [0.5, 0.6) is 0 Å². The fourth-order valence-electron chi connectivity index (χ4n) is 1.60. The van der Waals surface area contributed by atoms with E-state index in [1.165, 1.54) is 6.92 Å². The Morgan fingerprint density at radius 1 is 1.22 bits per heavy atom. The van der Waals surface area contributed by atoms with Gasteiger partial charge in [0, 0.05) is 13.3 Å². The summed E-state index contributed by atoms with van der Waals surface area (Å²) in [6, 6.07) is 8.90. The normalized spacial score (nSPS) is 12.0. The Balaban J connectivity index is 2.72. The molecule has 0 saturated carbocycles. The molecule has 4 heteroatoms. The van der Waals surface area contributed by atoms with E-state index in [1.54, 1.807) is 13.8 Å². The van der Waals surface area contributed by atoms with Crippen molar-refractivity contribution in [2.45, 2.75) is 39.3 Å². The van der Waals surface area contributed by atoms with E-state index in [2.05, 4.69) is 5.32 Å². The van der Waals surface area contributed by atoms with Crippen molar-refractivity contribution in [3.8, 4) is 0 Å². The lowest BCUT2D eigenvalue weighted by Gasteiger charge is -2.18. The van der Waals surface area contributed by atoms with Crippen LogP contribution in [0.2, 0.25) is 0 Å². The molecule has 1 amide bonds. The zero-order valence-corrected chi connectivity index (χ0v) is 11.0. The summed E-state index contributed by atoms with van der Waals surface area (Å²) in [7, 11) is 0. The third kappa shape index (κ3) is 4.99. The Labute approximate surface area is 107 Å². The first-order chi connectivity index (χ1) is 8.49. The second-order valence-electron chi connectivity index (χ2n) is 4.43. The van der Waals surface area contributed by atoms with Crippen molar-refractivity contribution in [2.75, 3.05) is 0 Å². The van der Waals surface area contributed by atoms with Crippen molar-refractivity contribution >= 4 is 11.9 Å². The first-order valence-electron chi connectivity index (χ1n) is 6.00. The van der Waals surface area contributed by atoms with Gasteiger partial charge in [-0.3, -0.25) is 4.79 Å². The Bertz CT molecular complexity index is 401. The Kier molecular flexibility index (Phi) is 5.36. The maximum Gasteiger partial charge on any atom is 0.329 e. The number of benzene rings is 1. The molecule has 0 saturated heterocycles. The van der Waals surface area contributed by atoms with E-state index in [0.717, 1.165) is 5.56 Å². The SMILES string of the molecule is CC(=O)N[C@@H](Cc1ccccc1)C(=O)OC(C)C. The number of rotatable bonds is 5. The number of esters is 1. The first kappa shape index (κ1) is 14.2. The van der Waals surface area contributed by atoms with Gasteiger partial charge < -0.3 is 10.1 Å². The molecule has 0 spiro atoms.